The molecule has 0 spiro atoms. The summed E-state index contributed by atoms with van der Waals surface area (Å²) < 4.78 is 0. The summed E-state index contributed by atoms with van der Waals surface area (Å²) in [5.74, 6) is -1.28. The second-order valence-electron chi connectivity index (χ2n) is 2.96. The van der Waals surface area contributed by atoms with E-state index in [0.29, 0.717) is 13.0 Å². The molecule has 8 heteroatoms. The van der Waals surface area contributed by atoms with Crippen LogP contribution in [-0.4, -0.2) is 56.1 Å². The third-order valence-electron chi connectivity index (χ3n) is 1.77. The Balaban J connectivity index is 2.37. The van der Waals surface area contributed by atoms with Gasteiger partial charge in [0.15, 0.2) is 0 Å². The first-order chi connectivity index (χ1) is 7.11. The molecule has 0 aliphatic rings. The predicted molar refractivity (Wildman–Crippen MR) is 48.0 cm³/mol. The number of carbonyl (C=O) groups excluding carboxylic acids is 1. The topological polar surface area (TPSA) is 112 Å². The van der Waals surface area contributed by atoms with Gasteiger partial charge in [0.05, 0.1) is 0 Å². The molecular weight excluding hydrogens is 202 g/mol. The highest BCUT2D eigenvalue weighted by atomic mass is 16.4. The van der Waals surface area contributed by atoms with Gasteiger partial charge in [-0.3, -0.25) is 9.59 Å². The van der Waals surface area contributed by atoms with Crippen molar-refractivity contribution in [1.82, 2.24) is 25.5 Å². The molecular formula is C7H11N5O3. The average molecular weight is 213 g/mol. The summed E-state index contributed by atoms with van der Waals surface area (Å²) in [6.07, 6.45) is 0.430. The summed E-state index contributed by atoms with van der Waals surface area (Å²) in [5, 5.41) is 20.9. The lowest BCUT2D eigenvalue weighted by molar-refractivity contribution is -0.137. The minimum atomic E-state index is -0.879. The average Bonchev–Trinajstić information content (AvgIpc) is 2.68. The van der Waals surface area contributed by atoms with Crippen LogP contribution in [0.5, 0.6) is 0 Å². The maximum Gasteiger partial charge on any atom is 0.303 e. The van der Waals surface area contributed by atoms with Crippen LogP contribution in [0.25, 0.3) is 0 Å². The van der Waals surface area contributed by atoms with Gasteiger partial charge in [-0.2, -0.15) is 5.21 Å². The van der Waals surface area contributed by atoms with Gasteiger partial charge in [-0.15, -0.1) is 10.2 Å². The monoisotopic (exact) mass is 213 g/mol. The molecule has 2 N–H and O–H groups in total. The Morgan fingerprint density at radius 1 is 1.53 bits per heavy atom. The molecule has 1 aromatic heterocycles. The number of H-pyrrole nitrogens is 1. The molecule has 8 nitrogen and oxygen atoms in total. The Morgan fingerprint density at radius 3 is 2.80 bits per heavy atom. The van der Waals surface area contributed by atoms with Gasteiger partial charge in [0, 0.05) is 20.0 Å². The summed E-state index contributed by atoms with van der Waals surface area (Å²) >= 11 is 0. The Labute approximate surface area is 85.3 Å². The van der Waals surface area contributed by atoms with E-state index in [4.69, 9.17) is 5.11 Å². The van der Waals surface area contributed by atoms with Crippen molar-refractivity contribution >= 4 is 11.9 Å². The third kappa shape index (κ3) is 3.33. The number of aromatic nitrogens is 4. The van der Waals surface area contributed by atoms with E-state index in [-0.39, 0.29) is 18.2 Å². The molecule has 0 aliphatic heterocycles. The normalized spacial score (nSPS) is 9.93. The smallest absolute Gasteiger partial charge is 0.303 e. The number of carboxylic acid groups (broad SMARTS) is 1. The van der Waals surface area contributed by atoms with Crippen LogP contribution in [0.1, 0.15) is 23.5 Å². The fourth-order valence-corrected chi connectivity index (χ4v) is 0.992. The van der Waals surface area contributed by atoms with Crippen molar-refractivity contribution in [2.75, 3.05) is 13.6 Å². The first-order valence-electron chi connectivity index (χ1n) is 4.32. The molecule has 1 aromatic rings. The fraction of sp³-hybridized carbons (Fsp3) is 0.571. The molecule has 0 aliphatic carbocycles. The Bertz CT molecular complexity index is 336. The zero-order valence-electron chi connectivity index (χ0n) is 8.17. The maximum absolute atomic E-state index is 11.5. The van der Waals surface area contributed by atoms with Crippen LogP contribution in [-0.2, 0) is 4.79 Å². The van der Waals surface area contributed by atoms with E-state index in [1.807, 2.05) is 0 Å². The maximum atomic E-state index is 11.5. The number of hydrogen-bond acceptors (Lipinski definition) is 5. The van der Waals surface area contributed by atoms with Gasteiger partial charge in [0.2, 0.25) is 0 Å². The first-order valence-corrected chi connectivity index (χ1v) is 4.32. The molecule has 0 radical (unpaired) electrons. The molecule has 0 bridgehead atoms. The lowest BCUT2D eigenvalue weighted by atomic mass is 10.3. The molecule has 82 valence electrons. The number of nitrogens with one attached hydrogen (secondary N) is 1. The molecule has 0 fully saturated rings. The van der Waals surface area contributed by atoms with Gasteiger partial charge < -0.3 is 10.0 Å². The van der Waals surface area contributed by atoms with Gasteiger partial charge in [-0.1, -0.05) is 0 Å². The van der Waals surface area contributed by atoms with Crippen LogP contribution in [0.4, 0.5) is 0 Å². The number of carboxylic acids is 1. The fourth-order valence-electron chi connectivity index (χ4n) is 0.992. The molecule has 0 aromatic carbocycles. The summed E-state index contributed by atoms with van der Waals surface area (Å²) in [6, 6.07) is 0. The Hall–Kier alpha value is -1.99. The van der Waals surface area contributed by atoms with Crippen molar-refractivity contribution in [1.29, 1.82) is 0 Å². The lowest BCUT2D eigenvalue weighted by Crippen LogP contribution is -2.29. The molecule has 0 atom stereocenters. The van der Waals surface area contributed by atoms with Crippen molar-refractivity contribution in [2.45, 2.75) is 12.8 Å². The van der Waals surface area contributed by atoms with Gasteiger partial charge in [-0.05, 0) is 11.6 Å². The summed E-state index contributed by atoms with van der Waals surface area (Å²) in [6.45, 7) is 0.347. The molecule has 1 amide bonds. The van der Waals surface area contributed by atoms with Crippen LogP contribution in [0.3, 0.4) is 0 Å². The minimum Gasteiger partial charge on any atom is -0.481 e. The van der Waals surface area contributed by atoms with E-state index in [2.05, 4.69) is 20.6 Å². The number of hydrogen-bond donors (Lipinski definition) is 2. The van der Waals surface area contributed by atoms with E-state index in [1.54, 1.807) is 7.05 Å². The quantitative estimate of drug-likeness (QED) is 0.657. The summed E-state index contributed by atoms with van der Waals surface area (Å²) in [4.78, 5) is 23.1. The molecule has 1 rings (SSSR count). The zero-order valence-corrected chi connectivity index (χ0v) is 8.17. The standard InChI is InChI=1S/C7H11N5O3/c1-12(4-2-3-5(13)14)7(15)6-8-10-11-9-6/h2-4H2,1H3,(H,13,14)(H,8,9,10,11). The highest BCUT2D eigenvalue weighted by Gasteiger charge is 2.15. The van der Waals surface area contributed by atoms with Gasteiger partial charge in [0.1, 0.15) is 0 Å². The van der Waals surface area contributed by atoms with Gasteiger partial charge >= 0.3 is 5.97 Å². The highest BCUT2D eigenvalue weighted by Crippen LogP contribution is 1.97. The molecule has 1 heterocycles. The lowest BCUT2D eigenvalue weighted by Gasteiger charge is -2.13. The van der Waals surface area contributed by atoms with E-state index >= 15 is 0 Å². The van der Waals surface area contributed by atoms with E-state index in [0.717, 1.165) is 0 Å². The molecule has 0 unspecified atom stereocenters. The van der Waals surface area contributed by atoms with Crippen LogP contribution >= 0.6 is 0 Å². The van der Waals surface area contributed by atoms with Gasteiger partial charge in [-0.25, -0.2) is 0 Å². The molecule has 0 saturated carbocycles. The minimum absolute atomic E-state index is 0.0205. The number of aromatic amines is 1. The second-order valence-corrected chi connectivity index (χ2v) is 2.96. The third-order valence-corrected chi connectivity index (χ3v) is 1.77. The van der Waals surface area contributed by atoms with Crippen molar-refractivity contribution in [3.05, 3.63) is 5.82 Å². The summed E-state index contributed by atoms with van der Waals surface area (Å²) in [5.41, 5.74) is 0. The predicted octanol–water partition coefficient (Wildman–Crippen LogP) is -0.863. The van der Waals surface area contributed by atoms with E-state index in [9.17, 15) is 9.59 Å². The first kappa shape index (κ1) is 11.1. The molecule has 15 heavy (non-hydrogen) atoms. The zero-order chi connectivity index (χ0) is 11.3. The van der Waals surface area contributed by atoms with Crippen LogP contribution in [0, 0.1) is 0 Å². The van der Waals surface area contributed by atoms with Crippen molar-refractivity contribution < 1.29 is 14.7 Å². The molecule has 0 saturated heterocycles. The van der Waals surface area contributed by atoms with Crippen molar-refractivity contribution in [3.8, 4) is 0 Å². The summed E-state index contributed by atoms with van der Waals surface area (Å²) in [7, 11) is 1.56. The number of carbonyl (C=O) groups is 2. The number of amides is 1. The van der Waals surface area contributed by atoms with E-state index in [1.165, 1.54) is 4.90 Å². The second kappa shape index (κ2) is 5.03. The van der Waals surface area contributed by atoms with Crippen molar-refractivity contribution in [2.24, 2.45) is 0 Å². The number of tetrazole rings is 1. The van der Waals surface area contributed by atoms with Crippen LogP contribution in [0.15, 0.2) is 0 Å². The Kier molecular flexibility index (Phi) is 3.72. The van der Waals surface area contributed by atoms with Crippen LogP contribution in [0.2, 0.25) is 0 Å². The number of aliphatic carboxylic acids is 1. The largest absolute Gasteiger partial charge is 0.481 e. The Morgan fingerprint density at radius 2 is 2.27 bits per heavy atom. The highest BCUT2D eigenvalue weighted by molar-refractivity contribution is 5.89. The SMILES string of the molecule is CN(CCCC(=O)O)C(=O)c1nn[nH]n1. The van der Waals surface area contributed by atoms with Gasteiger partial charge in [0.25, 0.3) is 11.7 Å². The number of nitrogens with zero attached hydrogens (tertiary/aromatic N) is 4. The van der Waals surface area contributed by atoms with Crippen molar-refractivity contribution in [3.63, 3.8) is 0 Å². The van der Waals surface area contributed by atoms with E-state index < -0.39 is 5.97 Å². The van der Waals surface area contributed by atoms with Crippen LogP contribution < -0.4 is 0 Å². The number of rotatable bonds is 5.